The molecule has 0 unspecified atom stereocenters. The molecule has 1 aromatic heterocycles. The largest absolute Gasteiger partial charge is 0.484 e. The summed E-state index contributed by atoms with van der Waals surface area (Å²) in [4.78, 5) is 16.5. The van der Waals surface area contributed by atoms with Gasteiger partial charge in [-0.05, 0) is 48.2 Å². The lowest BCUT2D eigenvalue weighted by Gasteiger charge is -2.09. The summed E-state index contributed by atoms with van der Waals surface area (Å²) in [6.45, 7) is 6.26. The van der Waals surface area contributed by atoms with Crippen LogP contribution in [0.25, 0.3) is 10.2 Å². The van der Waals surface area contributed by atoms with Crippen molar-refractivity contribution in [2.75, 3.05) is 11.9 Å². The number of carbonyl (C=O) groups excluding carboxylic acids is 1. The summed E-state index contributed by atoms with van der Waals surface area (Å²) in [6, 6.07) is 13.9. The Balaban J connectivity index is 1.61. The summed E-state index contributed by atoms with van der Waals surface area (Å²) < 4.78 is 6.65. The second kappa shape index (κ2) is 7.01. The number of hydrogen-bond acceptors (Lipinski definition) is 4. The molecule has 0 aliphatic heterocycles. The van der Waals surface area contributed by atoms with Gasteiger partial charge in [0.1, 0.15) is 5.75 Å². The third-order valence-electron chi connectivity index (χ3n) is 3.68. The fraction of sp³-hybridized carbons (Fsp3) is 0.263. The zero-order chi connectivity index (χ0) is 17.1. The van der Waals surface area contributed by atoms with Crippen LogP contribution in [0.2, 0.25) is 0 Å². The molecule has 2 aromatic carbocycles. The zero-order valence-corrected chi connectivity index (χ0v) is 14.8. The van der Waals surface area contributed by atoms with Gasteiger partial charge in [-0.2, -0.15) is 0 Å². The Morgan fingerprint density at radius 2 is 2.08 bits per heavy atom. The maximum absolute atomic E-state index is 12.1. The van der Waals surface area contributed by atoms with Gasteiger partial charge in [-0.3, -0.25) is 10.1 Å². The zero-order valence-electron chi connectivity index (χ0n) is 14.0. The van der Waals surface area contributed by atoms with Gasteiger partial charge in [0.15, 0.2) is 11.7 Å². The predicted octanol–water partition coefficient (Wildman–Crippen LogP) is 4.75. The number of thiazole rings is 1. The Labute approximate surface area is 145 Å². The van der Waals surface area contributed by atoms with Crippen LogP contribution in [0.5, 0.6) is 5.75 Å². The Bertz CT molecular complexity index is 871. The number of amides is 1. The van der Waals surface area contributed by atoms with Gasteiger partial charge in [0, 0.05) is 0 Å². The van der Waals surface area contributed by atoms with E-state index in [-0.39, 0.29) is 12.5 Å². The van der Waals surface area contributed by atoms with E-state index < -0.39 is 0 Å². The Morgan fingerprint density at radius 3 is 2.88 bits per heavy atom. The van der Waals surface area contributed by atoms with E-state index in [0.717, 1.165) is 10.2 Å². The highest BCUT2D eigenvalue weighted by atomic mass is 32.1. The number of rotatable bonds is 5. The molecule has 1 amide bonds. The molecule has 3 rings (SSSR count). The highest BCUT2D eigenvalue weighted by Crippen LogP contribution is 2.26. The van der Waals surface area contributed by atoms with E-state index in [1.165, 1.54) is 22.5 Å². The van der Waals surface area contributed by atoms with Gasteiger partial charge in [-0.25, -0.2) is 4.98 Å². The van der Waals surface area contributed by atoms with Crippen molar-refractivity contribution in [3.63, 3.8) is 0 Å². The van der Waals surface area contributed by atoms with Crippen LogP contribution in [0.4, 0.5) is 5.13 Å². The summed E-state index contributed by atoms with van der Waals surface area (Å²) in [6.07, 6.45) is 0. The topological polar surface area (TPSA) is 51.2 Å². The Hall–Kier alpha value is -2.40. The van der Waals surface area contributed by atoms with Crippen LogP contribution in [0, 0.1) is 6.92 Å². The summed E-state index contributed by atoms with van der Waals surface area (Å²) in [5, 5.41) is 3.40. The lowest BCUT2D eigenvalue weighted by atomic mass is 10.0. The van der Waals surface area contributed by atoms with E-state index in [9.17, 15) is 4.79 Å². The van der Waals surface area contributed by atoms with E-state index in [1.807, 2.05) is 37.3 Å². The smallest absolute Gasteiger partial charge is 0.264 e. The van der Waals surface area contributed by atoms with Gasteiger partial charge in [0.05, 0.1) is 10.2 Å². The first-order valence-electron chi connectivity index (χ1n) is 7.91. The monoisotopic (exact) mass is 340 g/mol. The first-order valence-corrected chi connectivity index (χ1v) is 8.73. The van der Waals surface area contributed by atoms with Gasteiger partial charge in [-0.1, -0.05) is 43.4 Å². The Kier molecular flexibility index (Phi) is 4.81. The van der Waals surface area contributed by atoms with Crippen LogP contribution in [0.15, 0.2) is 42.5 Å². The molecule has 0 saturated heterocycles. The van der Waals surface area contributed by atoms with Gasteiger partial charge >= 0.3 is 0 Å². The average molecular weight is 340 g/mol. The van der Waals surface area contributed by atoms with Crippen molar-refractivity contribution in [3.05, 3.63) is 53.6 Å². The van der Waals surface area contributed by atoms with Crippen LogP contribution in [0.1, 0.15) is 30.9 Å². The number of carbonyl (C=O) groups is 1. The molecule has 0 bridgehead atoms. The molecule has 3 aromatic rings. The molecule has 0 aliphatic carbocycles. The predicted molar refractivity (Wildman–Crippen MR) is 99.0 cm³/mol. The highest BCUT2D eigenvalue weighted by molar-refractivity contribution is 7.22. The third-order valence-corrected chi connectivity index (χ3v) is 4.62. The van der Waals surface area contributed by atoms with Crippen LogP contribution in [-0.2, 0) is 4.79 Å². The SMILES string of the molecule is Cc1ccc2nc(NC(=O)COc3cccc(C(C)C)c3)sc2c1. The lowest BCUT2D eigenvalue weighted by molar-refractivity contribution is -0.118. The van der Waals surface area contributed by atoms with Crippen molar-refractivity contribution in [2.45, 2.75) is 26.7 Å². The average Bonchev–Trinajstić information content (AvgIpc) is 2.94. The molecule has 1 heterocycles. The summed E-state index contributed by atoms with van der Waals surface area (Å²) in [5.41, 5.74) is 3.26. The van der Waals surface area contributed by atoms with Gasteiger partial charge in [0.2, 0.25) is 0 Å². The highest BCUT2D eigenvalue weighted by Gasteiger charge is 2.09. The fourth-order valence-electron chi connectivity index (χ4n) is 2.35. The molecule has 24 heavy (non-hydrogen) atoms. The number of anilines is 1. The van der Waals surface area contributed by atoms with Crippen LogP contribution in [0.3, 0.4) is 0 Å². The number of benzene rings is 2. The molecular formula is C19H20N2O2S. The quantitative estimate of drug-likeness (QED) is 0.729. The van der Waals surface area contributed by atoms with Gasteiger partial charge in [-0.15, -0.1) is 0 Å². The van der Waals surface area contributed by atoms with Crippen LogP contribution < -0.4 is 10.1 Å². The number of fused-ring (bicyclic) bond motifs is 1. The number of aryl methyl sites for hydroxylation is 1. The number of nitrogens with zero attached hydrogens (tertiary/aromatic N) is 1. The standard InChI is InChI=1S/C19H20N2O2S/c1-12(2)14-5-4-6-15(10-14)23-11-18(22)21-19-20-16-8-7-13(3)9-17(16)24-19/h4-10,12H,11H2,1-3H3,(H,20,21,22). The maximum Gasteiger partial charge on any atom is 0.264 e. The molecule has 4 nitrogen and oxygen atoms in total. The summed E-state index contributed by atoms with van der Waals surface area (Å²) in [7, 11) is 0. The number of hydrogen-bond donors (Lipinski definition) is 1. The number of nitrogens with one attached hydrogen (secondary N) is 1. The first-order chi connectivity index (χ1) is 11.5. The van der Waals surface area contributed by atoms with Crippen molar-refractivity contribution in [3.8, 4) is 5.75 Å². The molecule has 0 fully saturated rings. The summed E-state index contributed by atoms with van der Waals surface area (Å²) >= 11 is 1.47. The van der Waals surface area contributed by atoms with Crippen LogP contribution >= 0.6 is 11.3 Å². The molecular weight excluding hydrogens is 320 g/mol. The van der Waals surface area contributed by atoms with E-state index in [4.69, 9.17) is 4.74 Å². The fourth-order valence-corrected chi connectivity index (χ4v) is 3.33. The second-order valence-electron chi connectivity index (χ2n) is 6.05. The van der Waals surface area contributed by atoms with Crippen molar-refractivity contribution in [2.24, 2.45) is 0 Å². The number of ether oxygens (including phenoxy) is 1. The normalized spacial score (nSPS) is 11.0. The molecule has 1 N–H and O–H groups in total. The first kappa shape index (κ1) is 16.5. The Morgan fingerprint density at radius 1 is 1.25 bits per heavy atom. The van der Waals surface area contributed by atoms with Gasteiger partial charge in [0.25, 0.3) is 5.91 Å². The maximum atomic E-state index is 12.1. The van der Waals surface area contributed by atoms with E-state index in [0.29, 0.717) is 16.8 Å². The van der Waals surface area contributed by atoms with Crippen molar-refractivity contribution < 1.29 is 9.53 Å². The van der Waals surface area contributed by atoms with Crippen LogP contribution in [-0.4, -0.2) is 17.5 Å². The molecule has 0 atom stereocenters. The second-order valence-corrected chi connectivity index (χ2v) is 7.08. The van der Waals surface area contributed by atoms with Crippen molar-refractivity contribution in [1.82, 2.24) is 4.98 Å². The van der Waals surface area contributed by atoms with E-state index in [1.54, 1.807) is 0 Å². The lowest BCUT2D eigenvalue weighted by Crippen LogP contribution is -2.20. The minimum Gasteiger partial charge on any atom is -0.484 e. The molecule has 0 spiro atoms. The molecule has 0 saturated carbocycles. The molecule has 124 valence electrons. The van der Waals surface area contributed by atoms with E-state index in [2.05, 4.69) is 36.3 Å². The molecule has 0 aliphatic rings. The van der Waals surface area contributed by atoms with Crippen molar-refractivity contribution in [1.29, 1.82) is 0 Å². The minimum atomic E-state index is -0.208. The minimum absolute atomic E-state index is 0.0312. The van der Waals surface area contributed by atoms with Crippen molar-refractivity contribution >= 4 is 32.6 Å². The third kappa shape index (κ3) is 3.92. The molecule has 0 radical (unpaired) electrons. The summed E-state index contributed by atoms with van der Waals surface area (Å²) in [5.74, 6) is 0.922. The number of aromatic nitrogens is 1. The molecule has 5 heteroatoms. The van der Waals surface area contributed by atoms with Gasteiger partial charge < -0.3 is 4.74 Å². The van der Waals surface area contributed by atoms with E-state index >= 15 is 0 Å².